The van der Waals surface area contributed by atoms with Crippen molar-refractivity contribution in [2.75, 3.05) is 7.11 Å². The van der Waals surface area contributed by atoms with Gasteiger partial charge in [-0.25, -0.2) is 0 Å². The Kier molecular flexibility index (Phi) is 4.37. The molecule has 2 aromatic rings. The van der Waals surface area contributed by atoms with Gasteiger partial charge in [0.1, 0.15) is 11.8 Å². The molecule has 0 spiro atoms. The quantitative estimate of drug-likeness (QED) is 0.937. The van der Waals surface area contributed by atoms with E-state index in [1.807, 2.05) is 32.4 Å². The second kappa shape index (κ2) is 5.90. The van der Waals surface area contributed by atoms with Gasteiger partial charge in [-0.2, -0.15) is 5.10 Å². The summed E-state index contributed by atoms with van der Waals surface area (Å²) in [6.07, 6.45) is 0.919. The number of aliphatic hydroxyl groups excluding tert-OH is 1. The predicted octanol–water partition coefficient (Wildman–Crippen LogP) is 3.48. The van der Waals surface area contributed by atoms with E-state index in [1.54, 1.807) is 13.3 Å². The molecule has 0 aliphatic heterocycles. The molecule has 1 N–H and O–H groups in total. The molecule has 0 fully saturated rings. The monoisotopic (exact) mass is 288 g/mol. The zero-order chi connectivity index (χ0) is 15.7. The normalized spacial score (nSPS) is 12.8. The van der Waals surface area contributed by atoms with Crippen molar-refractivity contribution in [3.8, 4) is 5.75 Å². The first-order valence-corrected chi connectivity index (χ1v) is 7.24. The van der Waals surface area contributed by atoms with Gasteiger partial charge in [0.25, 0.3) is 0 Å². The molecule has 4 nitrogen and oxygen atoms in total. The molecule has 0 saturated heterocycles. The van der Waals surface area contributed by atoms with Crippen molar-refractivity contribution < 1.29 is 9.84 Å². The summed E-state index contributed by atoms with van der Waals surface area (Å²) in [6.45, 7) is 10.2. The molecule has 1 atom stereocenters. The van der Waals surface area contributed by atoms with Crippen molar-refractivity contribution in [3.63, 3.8) is 0 Å². The number of nitrogens with zero attached hydrogens (tertiary/aromatic N) is 2. The average molecular weight is 288 g/mol. The topological polar surface area (TPSA) is 47.3 Å². The van der Waals surface area contributed by atoms with E-state index in [0.717, 1.165) is 16.7 Å². The Morgan fingerprint density at radius 1 is 1.14 bits per heavy atom. The number of ether oxygens (including phenoxy) is 1. The van der Waals surface area contributed by atoms with E-state index in [2.05, 4.69) is 24.2 Å². The molecule has 1 aromatic carbocycles. The van der Waals surface area contributed by atoms with E-state index in [4.69, 9.17) is 4.74 Å². The Morgan fingerprint density at radius 2 is 1.71 bits per heavy atom. The molecule has 21 heavy (non-hydrogen) atoms. The molecule has 4 heteroatoms. The molecule has 0 aliphatic rings. The predicted molar refractivity (Wildman–Crippen MR) is 83.9 cm³/mol. The second-order valence-electron chi connectivity index (χ2n) is 5.85. The van der Waals surface area contributed by atoms with E-state index in [-0.39, 0.29) is 6.04 Å². The number of rotatable bonds is 4. The van der Waals surface area contributed by atoms with E-state index in [9.17, 15) is 5.11 Å². The van der Waals surface area contributed by atoms with Gasteiger partial charge < -0.3 is 9.84 Å². The molecule has 1 unspecified atom stereocenters. The van der Waals surface area contributed by atoms with E-state index in [0.29, 0.717) is 11.4 Å². The Morgan fingerprint density at radius 3 is 2.19 bits per heavy atom. The van der Waals surface area contributed by atoms with Crippen LogP contribution in [-0.4, -0.2) is 22.0 Å². The minimum absolute atomic E-state index is 0.157. The van der Waals surface area contributed by atoms with Crippen LogP contribution in [0.25, 0.3) is 0 Å². The third-order valence-corrected chi connectivity index (χ3v) is 3.78. The first-order chi connectivity index (χ1) is 9.86. The molecule has 0 radical (unpaired) electrons. The summed E-state index contributed by atoms with van der Waals surface area (Å²) >= 11 is 0. The van der Waals surface area contributed by atoms with Crippen molar-refractivity contribution in [2.24, 2.45) is 0 Å². The van der Waals surface area contributed by atoms with Crippen LogP contribution >= 0.6 is 0 Å². The van der Waals surface area contributed by atoms with E-state index >= 15 is 0 Å². The second-order valence-corrected chi connectivity index (χ2v) is 5.85. The number of aryl methyl sites for hydroxylation is 3. The Bertz CT molecular complexity index is 621. The maximum Gasteiger partial charge on any atom is 0.163 e. The molecule has 0 bridgehead atoms. The molecule has 2 rings (SSSR count). The fraction of sp³-hybridized carbons (Fsp3) is 0.471. The first-order valence-electron chi connectivity index (χ1n) is 7.24. The van der Waals surface area contributed by atoms with Crippen LogP contribution in [0.4, 0.5) is 0 Å². The smallest absolute Gasteiger partial charge is 0.163 e. The summed E-state index contributed by atoms with van der Waals surface area (Å²) in [5.41, 5.74) is 5.01. The number of aliphatic hydroxyl groups is 1. The molecule has 0 amide bonds. The van der Waals surface area contributed by atoms with Gasteiger partial charge in [0.2, 0.25) is 0 Å². The fourth-order valence-corrected chi connectivity index (χ4v) is 2.94. The lowest BCUT2D eigenvalue weighted by atomic mass is 9.93. The van der Waals surface area contributed by atoms with Crippen LogP contribution in [0.3, 0.4) is 0 Å². The van der Waals surface area contributed by atoms with Gasteiger partial charge in [0.15, 0.2) is 5.75 Å². The van der Waals surface area contributed by atoms with Crippen molar-refractivity contribution >= 4 is 0 Å². The van der Waals surface area contributed by atoms with Gasteiger partial charge in [-0.3, -0.25) is 4.68 Å². The minimum atomic E-state index is -0.745. The zero-order valence-electron chi connectivity index (χ0n) is 13.6. The molecule has 0 aliphatic carbocycles. The van der Waals surface area contributed by atoms with Gasteiger partial charge >= 0.3 is 0 Å². The standard InChI is InChI=1S/C17H24N2O2/c1-10(2)19-16(14(21-6)9-18-19)17(20)15-12(4)7-11(3)8-13(15)5/h7-10,17,20H,1-6H3. The third kappa shape index (κ3) is 2.81. The van der Waals surface area contributed by atoms with Crippen LogP contribution in [0.15, 0.2) is 18.3 Å². The number of hydrogen-bond acceptors (Lipinski definition) is 3. The van der Waals surface area contributed by atoms with Crippen LogP contribution in [0.5, 0.6) is 5.75 Å². The summed E-state index contributed by atoms with van der Waals surface area (Å²) in [5.74, 6) is 0.621. The highest BCUT2D eigenvalue weighted by Gasteiger charge is 2.25. The molecular weight excluding hydrogens is 264 g/mol. The number of aromatic nitrogens is 2. The first kappa shape index (κ1) is 15.6. The Labute approximate surface area is 126 Å². The molecule has 0 saturated carbocycles. The van der Waals surface area contributed by atoms with Gasteiger partial charge in [-0.15, -0.1) is 0 Å². The van der Waals surface area contributed by atoms with Crippen molar-refractivity contribution in [1.82, 2.24) is 9.78 Å². The van der Waals surface area contributed by atoms with E-state index in [1.165, 1.54) is 5.56 Å². The Hall–Kier alpha value is -1.81. The lowest BCUT2D eigenvalue weighted by Gasteiger charge is -2.21. The summed E-state index contributed by atoms with van der Waals surface area (Å²) in [4.78, 5) is 0. The van der Waals surface area contributed by atoms with Gasteiger partial charge in [0.05, 0.1) is 13.3 Å². The van der Waals surface area contributed by atoms with Crippen molar-refractivity contribution in [3.05, 3.63) is 46.3 Å². The average Bonchev–Trinajstić information content (AvgIpc) is 2.80. The van der Waals surface area contributed by atoms with Crippen LogP contribution in [0.2, 0.25) is 0 Å². The number of methoxy groups -OCH3 is 1. The SMILES string of the molecule is COc1cnn(C(C)C)c1C(O)c1c(C)cc(C)cc1C. The lowest BCUT2D eigenvalue weighted by molar-refractivity contribution is 0.198. The van der Waals surface area contributed by atoms with Crippen LogP contribution in [0.1, 0.15) is 53.9 Å². The van der Waals surface area contributed by atoms with Crippen LogP contribution in [0, 0.1) is 20.8 Å². The van der Waals surface area contributed by atoms with E-state index < -0.39 is 6.10 Å². The molecule has 114 valence electrons. The number of hydrogen-bond donors (Lipinski definition) is 1. The van der Waals surface area contributed by atoms with Gasteiger partial charge in [0, 0.05) is 6.04 Å². The highest BCUT2D eigenvalue weighted by Crippen LogP contribution is 2.35. The summed E-state index contributed by atoms with van der Waals surface area (Å²) in [5, 5.41) is 15.3. The summed E-state index contributed by atoms with van der Waals surface area (Å²) < 4.78 is 7.20. The zero-order valence-corrected chi connectivity index (χ0v) is 13.6. The van der Waals surface area contributed by atoms with Crippen LogP contribution < -0.4 is 4.74 Å². The summed E-state index contributed by atoms with van der Waals surface area (Å²) in [7, 11) is 1.60. The molecular formula is C17H24N2O2. The maximum atomic E-state index is 10.9. The van der Waals surface area contributed by atoms with Gasteiger partial charge in [-0.1, -0.05) is 17.7 Å². The minimum Gasteiger partial charge on any atom is -0.493 e. The lowest BCUT2D eigenvalue weighted by Crippen LogP contribution is -2.15. The number of benzene rings is 1. The highest BCUT2D eigenvalue weighted by atomic mass is 16.5. The van der Waals surface area contributed by atoms with Gasteiger partial charge in [-0.05, 0) is 51.3 Å². The molecule has 1 aromatic heterocycles. The fourth-order valence-electron chi connectivity index (χ4n) is 2.94. The third-order valence-electron chi connectivity index (χ3n) is 3.78. The molecule has 1 heterocycles. The highest BCUT2D eigenvalue weighted by molar-refractivity contribution is 5.44. The van der Waals surface area contributed by atoms with Crippen LogP contribution in [-0.2, 0) is 0 Å². The maximum absolute atomic E-state index is 10.9. The summed E-state index contributed by atoms with van der Waals surface area (Å²) in [6, 6.07) is 4.34. The largest absolute Gasteiger partial charge is 0.493 e. The van der Waals surface area contributed by atoms with Crippen molar-refractivity contribution in [1.29, 1.82) is 0 Å². The Balaban J connectivity index is 2.60. The van der Waals surface area contributed by atoms with Crippen molar-refractivity contribution in [2.45, 2.75) is 46.8 Å².